The van der Waals surface area contributed by atoms with Gasteiger partial charge in [0.15, 0.2) is 8.07 Å². The van der Waals surface area contributed by atoms with Crippen LogP contribution in [0.2, 0.25) is 0 Å². The van der Waals surface area contributed by atoms with Crippen LogP contribution in [0.1, 0.15) is 0 Å². The molecule has 0 fully saturated rings. The van der Waals surface area contributed by atoms with E-state index in [-0.39, 0.29) is 0 Å². The third kappa shape index (κ3) is 5.04. The Hall–Kier alpha value is -6.54. The summed E-state index contributed by atoms with van der Waals surface area (Å²) >= 11 is 0. The van der Waals surface area contributed by atoms with Crippen molar-refractivity contribution in [3.05, 3.63) is 218 Å². The van der Waals surface area contributed by atoms with Gasteiger partial charge in [-0.05, 0) is 92.2 Å². The van der Waals surface area contributed by atoms with Gasteiger partial charge in [0.25, 0.3) is 0 Å². The van der Waals surface area contributed by atoms with E-state index in [2.05, 4.69) is 218 Å². The van der Waals surface area contributed by atoms with E-state index in [4.69, 9.17) is 0 Å². The van der Waals surface area contributed by atoms with Crippen LogP contribution in [0.4, 0.5) is 0 Å². The molecule has 10 aromatic rings. The fraction of sp³-hybridized carbons (Fsp3) is 0. The molecule has 0 aliphatic rings. The van der Waals surface area contributed by atoms with Gasteiger partial charge in [-0.15, -0.1) is 0 Å². The van der Waals surface area contributed by atoms with Gasteiger partial charge in [-0.2, -0.15) is 0 Å². The van der Waals surface area contributed by atoms with Crippen molar-refractivity contribution in [2.45, 2.75) is 0 Å². The van der Waals surface area contributed by atoms with E-state index in [1.54, 1.807) is 0 Å². The van der Waals surface area contributed by atoms with Crippen LogP contribution in [-0.4, -0.2) is 8.07 Å². The fourth-order valence-electron chi connectivity index (χ4n) is 8.87. The van der Waals surface area contributed by atoms with Gasteiger partial charge in [-0.1, -0.05) is 212 Å². The third-order valence-corrected chi connectivity index (χ3v) is 15.9. The van der Waals surface area contributed by atoms with Crippen molar-refractivity contribution in [3.8, 4) is 22.3 Å². The highest BCUT2D eigenvalue weighted by Gasteiger charge is 2.41. The molecule has 0 radical (unpaired) electrons. The summed E-state index contributed by atoms with van der Waals surface area (Å²) in [6.07, 6.45) is 0. The Morgan fingerprint density at radius 2 is 0.698 bits per heavy atom. The molecule has 0 saturated heterocycles. The first-order valence-electron chi connectivity index (χ1n) is 18.4. The predicted octanol–water partition coefficient (Wildman–Crippen LogP) is 11.0. The Kier molecular flexibility index (Phi) is 7.60. The molecular weight excluding hydrogens is 653 g/mol. The smallest absolute Gasteiger partial charge is 0.0623 e. The second-order valence-electron chi connectivity index (χ2n) is 14.0. The molecule has 0 aromatic heterocycles. The van der Waals surface area contributed by atoms with Crippen LogP contribution >= 0.6 is 0 Å². The second-order valence-corrected chi connectivity index (χ2v) is 17.8. The maximum absolute atomic E-state index is 2.67. The molecule has 0 nitrogen and oxygen atoms in total. The summed E-state index contributed by atoms with van der Waals surface area (Å²) in [4.78, 5) is 0. The summed E-state index contributed by atoms with van der Waals surface area (Å²) in [7, 11) is -2.67. The highest BCUT2D eigenvalue weighted by Crippen LogP contribution is 2.45. The molecule has 0 unspecified atom stereocenters. The molecule has 10 rings (SSSR count). The average molecular weight is 689 g/mol. The quantitative estimate of drug-likeness (QED) is 0.0927. The zero-order valence-electron chi connectivity index (χ0n) is 29.3. The summed E-state index contributed by atoms with van der Waals surface area (Å²) in [6, 6.07) is 81.3. The molecule has 0 aliphatic carbocycles. The minimum absolute atomic E-state index is 1.23. The van der Waals surface area contributed by atoms with Crippen LogP contribution in [0, 0.1) is 0 Å². The lowest BCUT2D eigenvalue weighted by Crippen LogP contribution is -2.74. The lowest BCUT2D eigenvalue weighted by molar-refractivity contribution is 1.67. The van der Waals surface area contributed by atoms with Crippen LogP contribution < -0.4 is 20.7 Å². The fourth-order valence-corrected chi connectivity index (χ4v) is 13.7. The first-order chi connectivity index (χ1) is 26.3. The summed E-state index contributed by atoms with van der Waals surface area (Å²) in [6.45, 7) is 0. The highest BCUT2D eigenvalue weighted by molar-refractivity contribution is 7.20. The highest BCUT2D eigenvalue weighted by atomic mass is 28.3. The molecule has 0 saturated carbocycles. The van der Waals surface area contributed by atoms with Gasteiger partial charge in [-0.3, -0.25) is 0 Å². The van der Waals surface area contributed by atoms with Crippen LogP contribution in [-0.2, 0) is 0 Å². The molecule has 1 heteroatoms. The van der Waals surface area contributed by atoms with Gasteiger partial charge >= 0.3 is 0 Å². The standard InChI is InChI=1S/C52H36Si/c1-4-19-41(20-5-1)53(42-21-6-2-7-22-42,43-23-8-3-9-24-43)44-34-33-37-31-32-39(35-40(37)36-44)51-47-26-12-14-28-49(47)52(50-29-15-13-27-48(50)51)46-30-16-18-38-17-10-11-25-45(38)46/h1-36H. The third-order valence-electron chi connectivity index (χ3n) is 11.2. The zero-order chi connectivity index (χ0) is 35.2. The summed E-state index contributed by atoms with van der Waals surface area (Å²) in [5.74, 6) is 0. The molecule has 0 amide bonds. The van der Waals surface area contributed by atoms with Crippen LogP contribution in [0.3, 0.4) is 0 Å². The SMILES string of the molecule is c1ccc([Si](c2ccccc2)(c2ccccc2)c2ccc3ccc(-c4c5ccccc5c(-c5cccc6ccccc56)c5ccccc45)cc3c2)cc1. The van der Waals surface area contributed by atoms with E-state index < -0.39 is 8.07 Å². The molecule has 0 atom stereocenters. The van der Waals surface area contributed by atoms with Crippen molar-refractivity contribution >= 4 is 71.9 Å². The number of hydrogen-bond donors (Lipinski definition) is 0. The van der Waals surface area contributed by atoms with Crippen LogP contribution in [0.25, 0.3) is 65.3 Å². The van der Waals surface area contributed by atoms with E-state index in [0.717, 1.165) is 0 Å². The van der Waals surface area contributed by atoms with E-state index in [0.29, 0.717) is 0 Å². The van der Waals surface area contributed by atoms with Crippen molar-refractivity contribution < 1.29 is 0 Å². The Labute approximate surface area is 311 Å². The van der Waals surface area contributed by atoms with Crippen LogP contribution in [0.15, 0.2) is 218 Å². The first-order valence-corrected chi connectivity index (χ1v) is 20.4. The Bertz CT molecular complexity index is 2770. The lowest BCUT2D eigenvalue weighted by atomic mass is 9.84. The van der Waals surface area contributed by atoms with Gasteiger partial charge in [-0.25, -0.2) is 0 Å². The summed E-state index contributed by atoms with van der Waals surface area (Å²) in [5, 5.41) is 15.7. The van der Waals surface area contributed by atoms with Gasteiger partial charge < -0.3 is 0 Å². The minimum atomic E-state index is -2.67. The van der Waals surface area contributed by atoms with Gasteiger partial charge in [0.2, 0.25) is 0 Å². The number of fused-ring (bicyclic) bond motifs is 4. The molecular formula is C52H36Si. The molecule has 10 aromatic carbocycles. The molecule has 53 heavy (non-hydrogen) atoms. The van der Waals surface area contributed by atoms with E-state index in [1.165, 1.54) is 86.1 Å². The lowest BCUT2D eigenvalue weighted by Gasteiger charge is -2.34. The Morgan fingerprint density at radius 1 is 0.245 bits per heavy atom. The summed E-state index contributed by atoms with van der Waals surface area (Å²) in [5.41, 5.74) is 5.08. The normalized spacial score (nSPS) is 11.8. The topological polar surface area (TPSA) is 0 Å². The largest absolute Gasteiger partial charge is 0.179 e. The zero-order valence-corrected chi connectivity index (χ0v) is 30.3. The van der Waals surface area contributed by atoms with Crippen molar-refractivity contribution in [2.75, 3.05) is 0 Å². The maximum Gasteiger partial charge on any atom is 0.179 e. The van der Waals surface area contributed by atoms with Gasteiger partial charge in [0.1, 0.15) is 0 Å². The van der Waals surface area contributed by atoms with Crippen molar-refractivity contribution in [1.82, 2.24) is 0 Å². The molecule has 0 heterocycles. The second kappa shape index (κ2) is 12.9. The Balaban J connectivity index is 1.25. The molecule has 0 spiro atoms. The van der Waals surface area contributed by atoms with E-state index >= 15 is 0 Å². The van der Waals surface area contributed by atoms with E-state index in [9.17, 15) is 0 Å². The van der Waals surface area contributed by atoms with Gasteiger partial charge in [0.05, 0.1) is 0 Å². The predicted molar refractivity (Wildman–Crippen MR) is 231 cm³/mol. The monoisotopic (exact) mass is 688 g/mol. The maximum atomic E-state index is 2.49. The van der Waals surface area contributed by atoms with Crippen molar-refractivity contribution in [2.24, 2.45) is 0 Å². The van der Waals surface area contributed by atoms with Crippen molar-refractivity contribution in [3.63, 3.8) is 0 Å². The molecule has 0 N–H and O–H groups in total. The Morgan fingerprint density at radius 3 is 1.26 bits per heavy atom. The number of rotatable bonds is 6. The number of benzene rings is 10. The summed E-state index contributed by atoms with van der Waals surface area (Å²) < 4.78 is 0. The minimum Gasteiger partial charge on any atom is -0.0623 e. The van der Waals surface area contributed by atoms with E-state index in [1.807, 2.05) is 0 Å². The van der Waals surface area contributed by atoms with Crippen molar-refractivity contribution in [1.29, 1.82) is 0 Å². The van der Waals surface area contributed by atoms with Crippen LogP contribution in [0.5, 0.6) is 0 Å². The molecule has 248 valence electrons. The molecule has 0 bridgehead atoms. The molecule has 0 aliphatic heterocycles. The van der Waals surface area contributed by atoms with Gasteiger partial charge in [0, 0.05) is 0 Å². The first kappa shape index (κ1) is 31.2. The average Bonchev–Trinajstić information content (AvgIpc) is 3.24. The number of hydrogen-bond acceptors (Lipinski definition) is 0.